The number of pyridine rings is 1. The minimum Gasteiger partial charge on any atom is -0.365 e. The van der Waals surface area contributed by atoms with Gasteiger partial charge < -0.3 is 14.5 Å². The molecule has 1 amide bonds. The zero-order valence-electron chi connectivity index (χ0n) is 16.2. The van der Waals surface area contributed by atoms with E-state index in [1.54, 1.807) is 6.92 Å². The van der Waals surface area contributed by atoms with E-state index in [2.05, 4.69) is 21.7 Å². The number of piperazine rings is 1. The highest BCUT2D eigenvalue weighted by molar-refractivity contribution is 6.30. The van der Waals surface area contributed by atoms with Crippen LogP contribution in [-0.4, -0.2) is 79.2 Å². The van der Waals surface area contributed by atoms with Gasteiger partial charge >= 0.3 is 0 Å². The molecule has 3 heterocycles. The van der Waals surface area contributed by atoms with Crippen LogP contribution in [0.4, 0.5) is 10.2 Å². The van der Waals surface area contributed by atoms with E-state index >= 15 is 0 Å². The number of amides is 1. The Balaban J connectivity index is 1.33. The second kappa shape index (κ2) is 10.1. The Morgan fingerprint density at radius 1 is 1.25 bits per heavy atom. The number of aromatic nitrogens is 1. The summed E-state index contributed by atoms with van der Waals surface area (Å²) in [5.74, 6) is 6.33. The number of carbonyl (C=O) groups excluding carboxylic acids is 1. The minimum atomic E-state index is -0.387. The third kappa shape index (κ3) is 5.81. The number of carbonyl (C=O) groups is 1. The highest BCUT2D eigenvalue weighted by Crippen LogP contribution is 2.23. The molecular weight excluding hydrogens is 383 g/mol. The Hall–Kier alpha value is -1.88. The second-order valence-electron chi connectivity index (χ2n) is 7.09. The molecule has 6 nitrogen and oxygen atoms in total. The third-order valence-electron chi connectivity index (χ3n) is 5.17. The Morgan fingerprint density at radius 2 is 1.96 bits per heavy atom. The molecule has 2 aliphatic rings. The fraction of sp³-hybridized carbons (Fsp3) is 0.600. The predicted molar refractivity (Wildman–Crippen MR) is 107 cm³/mol. The Labute approximate surface area is 170 Å². The first kappa shape index (κ1) is 20.8. The molecule has 0 radical (unpaired) electrons. The van der Waals surface area contributed by atoms with Gasteiger partial charge in [-0.3, -0.25) is 9.69 Å². The van der Waals surface area contributed by atoms with Crippen LogP contribution >= 0.6 is 11.6 Å². The Kier molecular flexibility index (Phi) is 7.49. The average Bonchev–Trinajstić information content (AvgIpc) is 2.69. The lowest BCUT2D eigenvalue weighted by Gasteiger charge is -2.33. The molecule has 0 aromatic carbocycles. The molecule has 2 aliphatic heterocycles. The van der Waals surface area contributed by atoms with Crippen LogP contribution in [0.5, 0.6) is 0 Å². The number of hydrogen-bond acceptors (Lipinski definition) is 5. The van der Waals surface area contributed by atoms with Crippen molar-refractivity contribution in [2.45, 2.75) is 25.9 Å². The molecule has 0 spiro atoms. The lowest BCUT2D eigenvalue weighted by Crippen LogP contribution is -2.47. The van der Waals surface area contributed by atoms with Gasteiger partial charge in [0.2, 0.25) is 5.91 Å². The SMILES string of the molecule is CC(=O)N1CCN(CC#CCOC2CCN(c3ncc(Cl)cc3F)CC2)CC1. The minimum absolute atomic E-state index is 0.139. The number of halogens is 2. The van der Waals surface area contributed by atoms with E-state index in [-0.39, 0.29) is 17.8 Å². The van der Waals surface area contributed by atoms with Crippen molar-refractivity contribution in [1.29, 1.82) is 0 Å². The lowest BCUT2D eigenvalue weighted by molar-refractivity contribution is -0.130. The number of ether oxygens (including phenoxy) is 1. The molecule has 2 fully saturated rings. The summed E-state index contributed by atoms with van der Waals surface area (Å²) in [6, 6.07) is 1.29. The van der Waals surface area contributed by atoms with Gasteiger partial charge in [-0.15, -0.1) is 0 Å². The smallest absolute Gasteiger partial charge is 0.219 e. The van der Waals surface area contributed by atoms with Gasteiger partial charge in [0.1, 0.15) is 6.61 Å². The van der Waals surface area contributed by atoms with E-state index in [0.717, 1.165) is 39.0 Å². The van der Waals surface area contributed by atoms with Crippen molar-refractivity contribution in [1.82, 2.24) is 14.8 Å². The topological polar surface area (TPSA) is 48.9 Å². The van der Waals surface area contributed by atoms with Gasteiger partial charge in [0.25, 0.3) is 0 Å². The van der Waals surface area contributed by atoms with Crippen molar-refractivity contribution >= 4 is 23.3 Å². The Morgan fingerprint density at radius 3 is 2.61 bits per heavy atom. The van der Waals surface area contributed by atoms with Gasteiger partial charge in [0.05, 0.1) is 17.7 Å². The first-order valence-corrected chi connectivity index (χ1v) is 10.0. The second-order valence-corrected chi connectivity index (χ2v) is 7.53. The molecule has 3 rings (SSSR count). The number of nitrogens with zero attached hydrogens (tertiary/aromatic N) is 4. The summed E-state index contributed by atoms with van der Waals surface area (Å²) >= 11 is 5.76. The number of anilines is 1. The summed E-state index contributed by atoms with van der Waals surface area (Å²) in [4.78, 5) is 21.5. The first-order chi connectivity index (χ1) is 13.5. The van der Waals surface area contributed by atoms with Crippen molar-refractivity contribution in [3.8, 4) is 11.8 Å². The van der Waals surface area contributed by atoms with Gasteiger partial charge in [0.15, 0.2) is 11.6 Å². The van der Waals surface area contributed by atoms with Gasteiger partial charge in [-0.25, -0.2) is 9.37 Å². The molecule has 0 atom stereocenters. The fourth-order valence-corrected chi connectivity index (χ4v) is 3.62. The average molecular weight is 409 g/mol. The highest BCUT2D eigenvalue weighted by atomic mass is 35.5. The molecule has 0 bridgehead atoms. The van der Waals surface area contributed by atoms with E-state index in [1.165, 1.54) is 12.3 Å². The molecule has 152 valence electrons. The third-order valence-corrected chi connectivity index (χ3v) is 5.37. The van der Waals surface area contributed by atoms with Crippen molar-refractivity contribution in [3.05, 3.63) is 23.1 Å². The summed E-state index contributed by atoms with van der Waals surface area (Å²) in [6.07, 6.45) is 3.25. The zero-order valence-corrected chi connectivity index (χ0v) is 16.9. The predicted octanol–water partition coefficient (Wildman–Crippen LogP) is 2.03. The standard InChI is InChI=1S/C20H26ClFN4O2/c1-16(27)25-11-9-24(10-12-25)6-2-3-13-28-18-4-7-26(8-5-18)20-19(22)14-17(21)15-23-20/h14-15,18H,4-13H2,1H3. The quantitative estimate of drug-likeness (QED) is 0.713. The van der Waals surface area contributed by atoms with Crippen LogP contribution in [0, 0.1) is 17.7 Å². The van der Waals surface area contributed by atoms with Crippen molar-refractivity contribution in [3.63, 3.8) is 0 Å². The van der Waals surface area contributed by atoms with E-state index in [1.807, 2.05) is 9.80 Å². The molecule has 1 aromatic heterocycles. The van der Waals surface area contributed by atoms with Gasteiger partial charge in [-0.1, -0.05) is 23.4 Å². The van der Waals surface area contributed by atoms with Gasteiger partial charge in [-0.2, -0.15) is 0 Å². The van der Waals surface area contributed by atoms with Crippen LogP contribution in [0.1, 0.15) is 19.8 Å². The van der Waals surface area contributed by atoms with Crippen molar-refractivity contribution in [2.24, 2.45) is 0 Å². The number of hydrogen-bond donors (Lipinski definition) is 0. The van der Waals surface area contributed by atoms with Crippen LogP contribution in [-0.2, 0) is 9.53 Å². The van der Waals surface area contributed by atoms with Crippen LogP contribution < -0.4 is 4.90 Å². The molecule has 0 aliphatic carbocycles. The molecule has 28 heavy (non-hydrogen) atoms. The lowest BCUT2D eigenvalue weighted by atomic mass is 10.1. The van der Waals surface area contributed by atoms with Crippen molar-refractivity contribution in [2.75, 3.05) is 57.3 Å². The zero-order chi connectivity index (χ0) is 19.9. The molecule has 0 N–H and O–H groups in total. The summed E-state index contributed by atoms with van der Waals surface area (Å²) in [5.41, 5.74) is 0. The molecule has 0 saturated carbocycles. The van der Waals surface area contributed by atoms with Crippen LogP contribution in [0.15, 0.2) is 12.3 Å². The summed E-state index contributed by atoms with van der Waals surface area (Å²) in [7, 11) is 0. The summed E-state index contributed by atoms with van der Waals surface area (Å²) < 4.78 is 19.8. The molecule has 2 saturated heterocycles. The maximum atomic E-state index is 14.0. The normalized spacial score (nSPS) is 18.7. The summed E-state index contributed by atoms with van der Waals surface area (Å²) in [5, 5.41) is 0.304. The largest absolute Gasteiger partial charge is 0.365 e. The molecular formula is C20H26ClFN4O2. The van der Waals surface area contributed by atoms with Crippen LogP contribution in [0.2, 0.25) is 5.02 Å². The van der Waals surface area contributed by atoms with Crippen molar-refractivity contribution < 1.29 is 13.9 Å². The number of rotatable bonds is 4. The molecule has 1 aromatic rings. The maximum absolute atomic E-state index is 14.0. The van der Waals surface area contributed by atoms with Gasteiger partial charge in [-0.05, 0) is 18.9 Å². The van der Waals surface area contributed by atoms with E-state index in [4.69, 9.17) is 16.3 Å². The summed E-state index contributed by atoms with van der Waals surface area (Å²) in [6.45, 7) is 7.39. The van der Waals surface area contributed by atoms with Gasteiger partial charge in [0, 0.05) is 52.4 Å². The van der Waals surface area contributed by atoms with Crippen LogP contribution in [0.3, 0.4) is 0 Å². The maximum Gasteiger partial charge on any atom is 0.219 e. The fourth-order valence-electron chi connectivity index (χ4n) is 3.47. The number of piperidine rings is 1. The highest BCUT2D eigenvalue weighted by Gasteiger charge is 2.22. The van der Waals surface area contributed by atoms with E-state index < -0.39 is 0 Å². The molecule has 8 heteroatoms. The van der Waals surface area contributed by atoms with E-state index in [0.29, 0.717) is 37.1 Å². The monoisotopic (exact) mass is 408 g/mol. The Bertz CT molecular complexity index is 735. The molecule has 0 unspecified atom stereocenters. The van der Waals surface area contributed by atoms with E-state index in [9.17, 15) is 9.18 Å². The first-order valence-electron chi connectivity index (χ1n) is 9.64. The van der Waals surface area contributed by atoms with Crippen LogP contribution in [0.25, 0.3) is 0 Å².